The lowest BCUT2D eigenvalue weighted by Crippen LogP contribution is -2.12. The maximum absolute atomic E-state index is 6.28. The fraction of sp³-hybridized carbons (Fsp3) is 0.357. The molecule has 1 aromatic carbocycles. The molecule has 0 aliphatic heterocycles. The number of para-hydroxylation sites is 1. The van der Waals surface area contributed by atoms with Crippen LogP contribution < -0.4 is 5.32 Å². The van der Waals surface area contributed by atoms with Gasteiger partial charge in [-0.05, 0) is 18.1 Å². The highest BCUT2D eigenvalue weighted by Crippen LogP contribution is 2.28. The minimum absolute atomic E-state index is 0.639. The molecule has 1 heterocycles. The average molecular weight is 264 g/mol. The fourth-order valence-corrected chi connectivity index (χ4v) is 2.01. The fourth-order valence-electron chi connectivity index (χ4n) is 1.74. The first-order valence-corrected chi connectivity index (χ1v) is 6.61. The molecule has 18 heavy (non-hydrogen) atoms. The van der Waals surface area contributed by atoms with Crippen molar-refractivity contribution in [1.29, 1.82) is 0 Å². The second-order valence-corrected chi connectivity index (χ2v) is 4.91. The molecule has 1 aromatic heterocycles. The standard InChI is InChI=1S/C14H18ClN3/c1-3-11(2)9-17-13-6-4-5-12(15)14(13)18-8-7-16-10-18/h4-8,10-11,17H,3,9H2,1-2H3. The monoisotopic (exact) mass is 263 g/mol. The molecular weight excluding hydrogens is 246 g/mol. The molecule has 0 bridgehead atoms. The van der Waals surface area contributed by atoms with Crippen LogP contribution in [0.1, 0.15) is 20.3 Å². The quantitative estimate of drug-likeness (QED) is 0.884. The Morgan fingerprint density at radius 1 is 1.44 bits per heavy atom. The maximum Gasteiger partial charge on any atom is 0.0992 e. The van der Waals surface area contributed by atoms with Crippen LogP contribution in [0.3, 0.4) is 0 Å². The van der Waals surface area contributed by atoms with Gasteiger partial charge in [0.15, 0.2) is 0 Å². The molecule has 4 heteroatoms. The Labute approximate surface area is 113 Å². The molecule has 0 spiro atoms. The zero-order valence-corrected chi connectivity index (χ0v) is 11.5. The number of anilines is 1. The van der Waals surface area contributed by atoms with Crippen molar-refractivity contribution in [2.75, 3.05) is 11.9 Å². The third kappa shape index (κ3) is 2.85. The van der Waals surface area contributed by atoms with Crippen molar-refractivity contribution in [2.45, 2.75) is 20.3 Å². The Kier molecular flexibility index (Phi) is 4.26. The number of nitrogens with one attached hydrogen (secondary N) is 1. The molecule has 0 saturated heterocycles. The lowest BCUT2D eigenvalue weighted by molar-refractivity contribution is 0.593. The number of rotatable bonds is 5. The maximum atomic E-state index is 6.28. The Morgan fingerprint density at radius 2 is 2.28 bits per heavy atom. The number of nitrogens with zero attached hydrogens (tertiary/aromatic N) is 2. The van der Waals surface area contributed by atoms with E-state index in [0.717, 1.165) is 29.4 Å². The Bertz CT molecular complexity index is 494. The summed E-state index contributed by atoms with van der Waals surface area (Å²) in [4.78, 5) is 4.07. The predicted molar refractivity (Wildman–Crippen MR) is 76.5 cm³/mol. The van der Waals surface area contributed by atoms with Gasteiger partial charge in [0.2, 0.25) is 0 Å². The number of benzene rings is 1. The summed E-state index contributed by atoms with van der Waals surface area (Å²) >= 11 is 6.28. The van der Waals surface area contributed by atoms with Crippen LogP contribution in [0.15, 0.2) is 36.9 Å². The molecule has 0 aliphatic rings. The number of imidazole rings is 1. The topological polar surface area (TPSA) is 29.9 Å². The third-order valence-electron chi connectivity index (χ3n) is 3.09. The third-order valence-corrected chi connectivity index (χ3v) is 3.39. The van der Waals surface area contributed by atoms with Gasteiger partial charge in [0.05, 0.1) is 22.7 Å². The SMILES string of the molecule is CCC(C)CNc1cccc(Cl)c1-n1ccnc1. The smallest absolute Gasteiger partial charge is 0.0992 e. The molecule has 0 fully saturated rings. The van der Waals surface area contributed by atoms with E-state index < -0.39 is 0 Å². The van der Waals surface area contributed by atoms with Crippen molar-refractivity contribution in [3.05, 3.63) is 41.9 Å². The molecule has 96 valence electrons. The largest absolute Gasteiger partial charge is 0.383 e. The predicted octanol–water partition coefficient (Wildman–Crippen LogP) is 3.98. The first-order chi connectivity index (χ1) is 8.72. The summed E-state index contributed by atoms with van der Waals surface area (Å²) in [5.41, 5.74) is 2.00. The zero-order valence-electron chi connectivity index (χ0n) is 10.7. The Morgan fingerprint density at radius 3 is 2.94 bits per heavy atom. The van der Waals surface area contributed by atoms with Crippen LogP contribution >= 0.6 is 11.6 Å². The summed E-state index contributed by atoms with van der Waals surface area (Å²) in [6.07, 6.45) is 6.57. The van der Waals surface area contributed by atoms with Gasteiger partial charge in [-0.3, -0.25) is 0 Å². The van der Waals surface area contributed by atoms with Crippen LogP contribution in [0, 0.1) is 5.92 Å². The highest BCUT2D eigenvalue weighted by Gasteiger charge is 2.09. The average Bonchev–Trinajstić information content (AvgIpc) is 2.89. The highest BCUT2D eigenvalue weighted by atomic mass is 35.5. The van der Waals surface area contributed by atoms with Crippen LogP contribution in [0.5, 0.6) is 0 Å². The molecule has 0 saturated carbocycles. The molecular formula is C14H18ClN3. The second kappa shape index (κ2) is 5.91. The summed E-state index contributed by atoms with van der Waals surface area (Å²) in [6, 6.07) is 5.90. The van der Waals surface area contributed by atoms with Crippen molar-refractivity contribution < 1.29 is 0 Å². The van der Waals surface area contributed by atoms with E-state index >= 15 is 0 Å². The number of aromatic nitrogens is 2. The van der Waals surface area contributed by atoms with Crippen LogP contribution in [-0.4, -0.2) is 16.1 Å². The van der Waals surface area contributed by atoms with Crippen molar-refractivity contribution in [3.8, 4) is 5.69 Å². The van der Waals surface area contributed by atoms with E-state index in [9.17, 15) is 0 Å². The lowest BCUT2D eigenvalue weighted by atomic mass is 10.1. The van der Waals surface area contributed by atoms with Gasteiger partial charge in [0.1, 0.15) is 0 Å². The minimum atomic E-state index is 0.639. The van der Waals surface area contributed by atoms with Gasteiger partial charge in [-0.1, -0.05) is 37.9 Å². The van der Waals surface area contributed by atoms with Crippen LogP contribution in [-0.2, 0) is 0 Å². The van der Waals surface area contributed by atoms with Crippen molar-refractivity contribution in [1.82, 2.24) is 9.55 Å². The molecule has 2 rings (SSSR count). The normalized spacial score (nSPS) is 12.4. The number of hydrogen-bond acceptors (Lipinski definition) is 2. The van der Waals surface area contributed by atoms with Gasteiger partial charge in [-0.25, -0.2) is 4.98 Å². The van der Waals surface area contributed by atoms with Crippen molar-refractivity contribution in [3.63, 3.8) is 0 Å². The summed E-state index contributed by atoms with van der Waals surface area (Å²) in [6.45, 7) is 5.37. The second-order valence-electron chi connectivity index (χ2n) is 4.50. The molecule has 2 aromatic rings. The first kappa shape index (κ1) is 13.0. The van der Waals surface area contributed by atoms with Crippen molar-refractivity contribution in [2.24, 2.45) is 5.92 Å². The van der Waals surface area contributed by atoms with Crippen LogP contribution in [0.2, 0.25) is 5.02 Å². The summed E-state index contributed by atoms with van der Waals surface area (Å²) in [5, 5.41) is 4.18. The number of hydrogen-bond donors (Lipinski definition) is 1. The van der Waals surface area contributed by atoms with Gasteiger partial charge in [0, 0.05) is 18.9 Å². The van der Waals surface area contributed by atoms with E-state index in [1.807, 2.05) is 29.0 Å². The van der Waals surface area contributed by atoms with E-state index in [1.165, 1.54) is 0 Å². The highest BCUT2D eigenvalue weighted by molar-refractivity contribution is 6.33. The molecule has 0 radical (unpaired) electrons. The molecule has 1 N–H and O–H groups in total. The van der Waals surface area contributed by atoms with Crippen molar-refractivity contribution >= 4 is 17.3 Å². The van der Waals surface area contributed by atoms with E-state index in [4.69, 9.17) is 11.6 Å². The summed E-state index contributed by atoms with van der Waals surface area (Å²) < 4.78 is 1.93. The summed E-state index contributed by atoms with van der Waals surface area (Å²) in [7, 11) is 0. The van der Waals surface area contributed by atoms with E-state index in [0.29, 0.717) is 5.92 Å². The Balaban J connectivity index is 2.27. The first-order valence-electron chi connectivity index (χ1n) is 6.23. The van der Waals surface area contributed by atoms with Gasteiger partial charge >= 0.3 is 0 Å². The van der Waals surface area contributed by atoms with E-state index in [-0.39, 0.29) is 0 Å². The molecule has 3 nitrogen and oxygen atoms in total. The molecule has 0 aliphatic carbocycles. The van der Waals surface area contributed by atoms with Crippen LogP contribution in [0.25, 0.3) is 5.69 Å². The van der Waals surface area contributed by atoms with E-state index in [1.54, 1.807) is 12.5 Å². The molecule has 1 atom stereocenters. The molecule has 1 unspecified atom stereocenters. The number of halogens is 1. The molecule has 0 amide bonds. The van der Waals surface area contributed by atoms with Gasteiger partial charge in [-0.15, -0.1) is 0 Å². The van der Waals surface area contributed by atoms with Gasteiger partial charge in [-0.2, -0.15) is 0 Å². The van der Waals surface area contributed by atoms with Gasteiger partial charge < -0.3 is 9.88 Å². The lowest BCUT2D eigenvalue weighted by Gasteiger charge is -2.16. The summed E-state index contributed by atoms with van der Waals surface area (Å²) in [5.74, 6) is 0.639. The minimum Gasteiger partial charge on any atom is -0.383 e. The van der Waals surface area contributed by atoms with E-state index in [2.05, 4.69) is 24.1 Å². The Hall–Kier alpha value is -1.48. The van der Waals surface area contributed by atoms with Crippen LogP contribution in [0.4, 0.5) is 5.69 Å². The van der Waals surface area contributed by atoms with Gasteiger partial charge in [0.25, 0.3) is 0 Å². The zero-order chi connectivity index (χ0) is 13.0.